The maximum Gasteiger partial charge on any atom is 0.0941 e. The Hall–Kier alpha value is -0.200. The molecule has 0 atom stereocenters. The highest BCUT2D eigenvalue weighted by atomic mass is 35.5. The minimum Gasteiger partial charge on any atom is -0.380 e. The van der Waals surface area contributed by atoms with Gasteiger partial charge in [-0.1, -0.05) is 0 Å². The Morgan fingerprint density at radius 2 is 1.80 bits per heavy atom. The number of nitrogens with zero attached hydrogens (tertiary/aromatic N) is 2. The van der Waals surface area contributed by atoms with E-state index in [0.29, 0.717) is 5.88 Å². The predicted octanol–water partition coefficient (Wildman–Crippen LogP) is 2.80. The summed E-state index contributed by atoms with van der Waals surface area (Å²) in [5, 5.41) is 3.19. The van der Waals surface area contributed by atoms with Crippen molar-refractivity contribution in [2.75, 3.05) is 46.1 Å². The van der Waals surface area contributed by atoms with Gasteiger partial charge in [0, 0.05) is 44.6 Å². The first-order chi connectivity index (χ1) is 9.80. The molecule has 116 valence electrons. The number of hydrogen-bond acceptors (Lipinski definition) is 5. The molecule has 0 saturated carbocycles. The molecule has 6 heteroatoms. The molecule has 0 saturated heterocycles. The largest absolute Gasteiger partial charge is 0.380 e. The van der Waals surface area contributed by atoms with Crippen LogP contribution < -0.4 is 0 Å². The first kappa shape index (κ1) is 17.9. The van der Waals surface area contributed by atoms with Crippen molar-refractivity contribution >= 4 is 22.9 Å². The lowest BCUT2D eigenvalue weighted by atomic mass is 10.3. The summed E-state index contributed by atoms with van der Waals surface area (Å²) in [5.74, 6) is 0.495. The van der Waals surface area contributed by atoms with Gasteiger partial charge in [0.25, 0.3) is 0 Å². The van der Waals surface area contributed by atoms with Gasteiger partial charge in [0.1, 0.15) is 0 Å². The Morgan fingerprint density at radius 1 is 1.15 bits per heavy atom. The Kier molecular flexibility index (Phi) is 10.2. The highest BCUT2D eigenvalue weighted by Crippen LogP contribution is 2.12. The standard InChI is InChI=1S/C14H25ClN2O2S/c1-3-18-9-7-17(8-10-19-4-2)6-5-14-16-13(11-15)12-20-14/h12H,3-11H2,1-2H3. The fraction of sp³-hybridized carbons (Fsp3) is 0.786. The second-order valence-electron chi connectivity index (χ2n) is 4.35. The van der Waals surface area contributed by atoms with Gasteiger partial charge in [-0.25, -0.2) is 4.98 Å². The van der Waals surface area contributed by atoms with Crippen molar-refractivity contribution < 1.29 is 9.47 Å². The molecule has 0 bridgehead atoms. The molecule has 1 aromatic heterocycles. The molecule has 20 heavy (non-hydrogen) atoms. The van der Waals surface area contributed by atoms with E-state index in [-0.39, 0.29) is 0 Å². The molecule has 0 unspecified atom stereocenters. The summed E-state index contributed by atoms with van der Waals surface area (Å²) in [6.07, 6.45) is 0.958. The average molecular weight is 321 g/mol. The van der Waals surface area contributed by atoms with E-state index < -0.39 is 0 Å². The molecule has 0 fully saturated rings. The van der Waals surface area contributed by atoms with Crippen molar-refractivity contribution in [3.8, 4) is 0 Å². The molecule has 0 N–H and O–H groups in total. The van der Waals surface area contributed by atoms with E-state index >= 15 is 0 Å². The first-order valence-corrected chi connectivity index (χ1v) is 8.58. The van der Waals surface area contributed by atoms with Crippen LogP contribution in [0.3, 0.4) is 0 Å². The molecule has 0 aliphatic rings. The lowest BCUT2D eigenvalue weighted by Gasteiger charge is -2.21. The van der Waals surface area contributed by atoms with Crippen LogP contribution in [0.2, 0.25) is 0 Å². The smallest absolute Gasteiger partial charge is 0.0941 e. The van der Waals surface area contributed by atoms with Crippen LogP contribution in [0.4, 0.5) is 0 Å². The molecular weight excluding hydrogens is 296 g/mol. The van der Waals surface area contributed by atoms with Crippen molar-refractivity contribution in [1.29, 1.82) is 0 Å². The van der Waals surface area contributed by atoms with E-state index in [2.05, 4.69) is 9.88 Å². The van der Waals surface area contributed by atoms with E-state index in [9.17, 15) is 0 Å². The molecule has 0 spiro atoms. The van der Waals surface area contributed by atoms with Crippen LogP contribution in [0.5, 0.6) is 0 Å². The number of halogens is 1. The highest BCUT2D eigenvalue weighted by Gasteiger charge is 2.07. The van der Waals surface area contributed by atoms with E-state index in [4.69, 9.17) is 21.1 Å². The van der Waals surface area contributed by atoms with Crippen LogP contribution in [-0.4, -0.2) is 55.9 Å². The highest BCUT2D eigenvalue weighted by molar-refractivity contribution is 7.09. The molecule has 0 amide bonds. The number of hydrogen-bond donors (Lipinski definition) is 0. The second kappa shape index (κ2) is 11.5. The zero-order valence-corrected chi connectivity index (χ0v) is 14.0. The number of thiazole rings is 1. The fourth-order valence-electron chi connectivity index (χ4n) is 1.79. The minimum atomic E-state index is 0.495. The lowest BCUT2D eigenvalue weighted by molar-refractivity contribution is 0.0833. The van der Waals surface area contributed by atoms with Gasteiger partial charge in [0.05, 0.1) is 29.8 Å². The van der Waals surface area contributed by atoms with Crippen LogP contribution >= 0.6 is 22.9 Å². The third-order valence-electron chi connectivity index (χ3n) is 2.89. The fourth-order valence-corrected chi connectivity index (χ4v) is 2.81. The van der Waals surface area contributed by atoms with Crippen LogP contribution in [0.25, 0.3) is 0 Å². The van der Waals surface area contributed by atoms with Gasteiger partial charge in [0.2, 0.25) is 0 Å². The summed E-state index contributed by atoms with van der Waals surface area (Å²) in [6.45, 7) is 9.98. The number of ether oxygens (including phenoxy) is 2. The molecule has 0 radical (unpaired) electrons. The molecule has 1 aromatic rings. The van der Waals surface area contributed by atoms with Gasteiger partial charge in [-0.05, 0) is 13.8 Å². The van der Waals surface area contributed by atoms with Crippen LogP contribution in [0, 0.1) is 0 Å². The van der Waals surface area contributed by atoms with Gasteiger partial charge in [-0.15, -0.1) is 22.9 Å². The summed E-state index contributed by atoms with van der Waals surface area (Å²) in [4.78, 5) is 6.86. The minimum absolute atomic E-state index is 0.495. The summed E-state index contributed by atoms with van der Waals surface area (Å²) < 4.78 is 10.9. The SMILES string of the molecule is CCOCCN(CCOCC)CCc1nc(CCl)cs1. The topological polar surface area (TPSA) is 34.6 Å². The number of aromatic nitrogens is 1. The van der Waals surface area contributed by atoms with E-state index in [1.165, 1.54) is 0 Å². The third-order valence-corrected chi connectivity index (χ3v) is 4.12. The number of alkyl halides is 1. The number of rotatable bonds is 12. The van der Waals surface area contributed by atoms with Crippen molar-refractivity contribution in [2.24, 2.45) is 0 Å². The molecule has 1 rings (SSSR count). The normalized spacial score (nSPS) is 11.4. The van der Waals surface area contributed by atoms with Crippen molar-refractivity contribution in [1.82, 2.24) is 9.88 Å². The zero-order valence-electron chi connectivity index (χ0n) is 12.4. The first-order valence-electron chi connectivity index (χ1n) is 7.17. The van der Waals surface area contributed by atoms with Gasteiger partial charge < -0.3 is 9.47 Å². The van der Waals surface area contributed by atoms with E-state index in [0.717, 1.165) is 63.2 Å². The second-order valence-corrected chi connectivity index (χ2v) is 5.56. The molecule has 1 heterocycles. The molecule has 0 aliphatic carbocycles. The Labute approximate surface area is 131 Å². The predicted molar refractivity (Wildman–Crippen MR) is 84.8 cm³/mol. The van der Waals surface area contributed by atoms with Crippen LogP contribution in [0.15, 0.2) is 5.38 Å². The summed E-state index contributed by atoms with van der Waals surface area (Å²) in [5.41, 5.74) is 0.974. The molecule has 4 nitrogen and oxygen atoms in total. The lowest BCUT2D eigenvalue weighted by Crippen LogP contribution is -2.33. The molecule has 0 aliphatic heterocycles. The Morgan fingerprint density at radius 3 is 2.30 bits per heavy atom. The Balaban J connectivity index is 2.33. The van der Waals surface area contributed by atoms with Gasteiger partial charge in [-0.3, -0.25) is 4.90 Å². The van der Waals surface area contributed by atoms with Crippen molar-refractivity contribution in [3.63, 3.8) is 0 Å². The van der Waals surface area contributed by atoms with Crippen LogP contribution in [-0.2, 0) is 21.8 Å². The summed E-state index contributed by atoms with van der Waals surface area (Å²) in [7, 11) is 0. The monoisotopic (exact) mass is 320 g/mol. The summed E-state index contributed by atoms with van der Waals surface area (Å²) >= 11 is 7.46. The zero-order chi connectivity index (χ0) is 14.6. The van der Waals surface area contributed by atoms with Crippen molar-refractivity contribution in [2.45, 2.75) is 26.1 Å². The van der Waals surface area contributed by atoms with Crippen molar-refractivity contribution in [3.05, 3.63) is 16.1 Å². The van der Waals surface area contributed by atoms with Crippen LogP contribution in [0.1, 0.15) is 24.5 Å². The quantitative estimate of drug-likeness (QED) is 0.438. The third kappa shape index (κ3) is 7.55. The molecular formula is C14H25ClN2O2S. The maximum atomic E-state index is 5.77. The summed E-state index contributed by atoms with van der Waals surface area (Å²) in [6, 6.07) is 0. The van der Waals surface area contributed by atoms with Gasteiger partial charge in [-0.2, -0.15) is 0 Å². The van der Waals surface area contributed by atoms with Gasteiger partial charge >= 0.3 is 0 Å². The van der Waals surface area contributed by atoms with E-state index in [1.54, 1.807) is 11.3 Å². The van der Waals surface area contributed by atoms with Gasteiger partial charge in [0.15, 0.2) is 0 Å². The maximum absolute atomic E-state index is 5.77. The van der Waals surface area contributed by atoms with E-state index in [1.807, 2.05) is 19.2 Å². The molecule has 0 aromatic carbocycles. The average Bonchev–Trinajstić information content (AvgIpc) is 2.92. The Bertz CT molecular complexity index is 340.